The van der Waals surface area contributed by atoms with Gasteiger partial charge in [0.05, 0.1) is 5.75 Å². The normalized spacial score (nSPS) is 20.3. The largest absolute Gasteiger partial charge is 0.481 e. The summed E-state index contributed by atoms with van der Waals surface area (Å²) in [4.78, 5) is 10.1. The van der Waals surface area contributed by atoms with Gasteiger partial charge in [0.15, 0.2) is 0 Å². The van der Waals surface area contributed by atoms with Gasteiger partial charge in [-0.1, -0.05) is 17.6 Å². The summed E-state index contributed by atoms with van der Waals surface area (Å²) in [5.41, 5.74) is 0. The zero-order valence-corrected chi connectivity index (χ0v) is 7.13. The molecule has 0 saturated carbocycles. The second-order valence-corrected chi connectivity index (χ2v) is 7.39. The van der Waals surface area contributed by atoms with Crippen LogP contribution in [0.2, 0.25) is 0 Å². The van der Waals surface area contributed by atoms with Gasteiger partial charge in [0.25, 0.3) is 0 Å². The van der Waals surface area contributed by atoms with Crippen molar-refractivity contribution in [1.29, 1.82) is 0 Å². The summed E-state index contributed by atoms with van der Waals surface area (Å²) < 4.78 is 0. The predicted molar refractivity (Wildman–Crippen MR) is 42.4 cm³/mol. The number of carboxylic acid groups (broad SMARTS) is 1. The summed E-state index contributed by atoms with van der Waals surface area (Å²) in [5.74, 6) is 0.0793. The number of hydrogen-bond acceptors (Lipinski definition) is 1. The van der Waals surface area contributed by atoms with E-state index in [0.29, 0.717) is 0 Å². The Kier molecular flexibility index (Phi) is 3.36. The van der Waals surface area contributed by atoms with E-state index in [1.807, 2.05) is 13.2 Å². The van der Waals surface area contributed by atoms with E-state index in [1.165, 1.54) is 0 Å². The van der Waals surface area contributed by atoms with Crippen LogP contribution in [0.1, 0.15) is 6.92 Å². The van der Waals surface area contributed by atoms with Gasteiger partial charge in [-0.25, -0.2) is 0 Å². The Hall–Kier alpha value is 0.110. The van der Waals surface area contributed by atoms with Gasteiger partial charge >= 0.3 is 5.97 Å². The van der Waals surface area contributed by atoms with Crippen LogP contribution in [0, 0.1) is 0 Å². The van der Waals surface area contributed by atoms with Gasteiger partial charge in [-0.3, -0.25) is 4.79 Å². The lowest BCUT2D eigenvalue weighted by Crippen LogP contribution is -2.08. The molecule has 0 heterocycles. The van der Waals surface area contributed by atoms with Crippen LogP contribution >= 0.6 is 19.9 Å². The molecule has 9 heavy (non-hydrogen) atoms. The molecular weight excluding hydrogens is 160 g/mol. The molecule has 1 unspecified atom stereocenters. The molecule has 0 aliphatic carbocycles. The molecule has 56 valence electrons. The van der Waals surface area contributed by atoms with Crippen molar-refractivity contribution in [3.05, 3.63) is 0 Å². The third-order valence-electron chi connectivity index (χ3n) is 1.03. The number of aliphatic carboxylic acids is 1. The first-order valence-corrected chi connectivity index (χ1v) is 5.83. The third-order valence-corrected chi connectivity index (χ3v) is 4.06. The summed E-state index contributed by atoms with van der Waals surface area (Å²) in [6, 6.07) is 0. The molecule has 1 N–H and O–H groups in total. The highest BCUT2D eigenvalue weighted by atomic mass is 35.7. The van der Waals surface area contributed by atoms with E-state index in [1.54, 1.807) is 0 Å². The first kappa shape index (κ1) is 9.11. The quantitative estimate of drug-likeness (QED) is 0.700. The lowest BCUT2D eigenvalue weighted by molar-refractivity contribution is -0.133. The fourth-order valence-electron chi connectivity index (χ4n) is 0.360. The molecule has 0 aromatic rings. The Labute approximate surface area is 61.0 Å². The molecule has 0 bridgehead atoms. The van der Waals surface area contributed by atoms with Gasteiger partial charge in [-0.05, 0) is 12.0 Å². The number of carbonyl (C=O) groups is 1. The van der Waals surface area contributed by atoms with E-state index >= 15 is 0 Å². The smallest absolute Gasteiger partial charge is 0.313 e. The van der Waals surface area contributed by atoms with Crippen LogP contribution in [0.15, 0.2) is 0 Å². The highest BCUT2D eigenvalue weighted by molar-refractivity contribution is 8.51. The fourth-order valence-corrected chi connectivity index (χ4v) is 1.36. The van der Waals surface area contributed by atoms with Gasteiger partial charge in [-0.15, -0.1) is 0 Å². The predicted octanol–water partition coefficient (Wildman–Crippen LogP) is 1.68. The van der Waals surface area contributed by atoms with Crippen LogP contribution in [0.4, 0.5) is 0 Å². The summed E-state index contributed by atoms with van der Waals surface area (Å²) in [7, 11) is 4.47. The van der Waals surface area contributed by atoms with E-state index in [9.17, 15) is 4.79 Å². The number of carboxylic acids is 1. The SMILES string of the molecule is CCS(C)(Cl)CC(=O)O. The second-order valence-electron chi connectivity index (χ2n) is 1.98. The molecule has 0 amide bonds. The van der Waals surface area contributed by atoms with Crippen molar-refractivity contribution in [2.24, 2.45) is 0 Å². The minimum atomic E-state index is -1.35. The molecule has 4 heteroatoms. The molecule has 0 rings (SSSR count). The maximum Gasteiger partial charge on any atom is 0.313 e. The number of hydrogen-bond donors (Lipinski definition) is 1. The molecule has 2 nitrogen and oxygen atoms in total. The molecule has 0 radical (unpaired) electrons. The van der Waals surface area contributed by atoms with Crippen molar-refractivity contribution in [3.63, 3.8) is 0 Å². The summed E-state index contributed by atoms with van der Waals surface area (Å²) in [6.45, 7) is 1.91. The summed E-state index contributed by atoms with van der Waals surface area (Å²) in [5, 5.41) is 8.32. The van der Waals surface area contributed by atoms with Crippen molar-refractivity contribution < 1.29 is 9.90 Å². The van der Waals surface area contributed by atoms with Gasteiger partial charge in [-0.2, -0.15) is 9.24 Å². The maximum atomic E-state index is 10.1. The average Bonchev–Trinajstić information content (AvgIpc) is 1.63. The Morgan fingerprint density at radius 1 is 1.78 bits per heavy atom. The van der Waals surface area contributed by atoms with Crippen molar-refractivity contribution in [1.82, 2.24) is 0 Å². The molecule has 0 saturated heterocycles. The minimum absolute atomic E-state index is 0.116. The fraction of sp³-hybridized carbons (Fsp3) is 0.800. The lowest BCUT2D eigenvalue weighted by Gasteiger charge is -2.22. The Balaban J connectivity index is 3.71. The monoisotopic (exact) mass is 170 g/mol. The number of halogens is 1. The van der Waals surface area contributed by atoms with Gasteiger partial charge < -0.3 is 5.11 Å². The molecule has 0 aromatic heterocycles. The summed E-state index contributed by atoms with van der Waals surface area (Å²) in [6.07, 6.45) is 1.81. The topological polar surface area (TPSA) is 37.3 Å². The van der Waals surface area contributed by atoms with Crippen LogP contribution < -0.4 is 0 Å². The Morgan fingerprint density at radius 2 is 2.22 bits per heavy atom. The van der Waals surface area contributed by atoms with Crippen molar-refractivity contribution in [2.75, 3.05) is 17.8 Å². The van der Waals surface area contributed by atoms with Crippen LogP contribution in [0.25, 0.3) is 0 Å². The molecule has 0 spiro atoms. The van der Waals surface area contributed by atoms with Crippen LogP contribution in [-0.4, -0.2) is 28.8 Å². The van der Waals surface area contributed by atoms with Crippen molar-refractivity contribution >= 4 is 25.9 Å². The van der Waals surface area contributed by atoms with Crippen molar-refractivity contribution in [2.45, 2.75) is 6.92 Å². The van der Waals surface area contributed by atoms with E-state index in [2.05, 4.69) is 0 Å². The Bertz CT molecular complexity index is 114. The summed E-state index contributed by atoms with van der Waals surface area (Å²) >= 11 is 0. The van der Waals surface area contributed by atoms with Gasteiger partial charge in [0.1, 0.15) is 0 Å². The average molecular weight is 171 g/mol. The molecule has 0 fully saturated rings. The highest BCUT2D eigenvalue weighted by Crippen LogP contribution is 2.48. The molecule has 0 aliphatic rings. The number of rotatable bonds is 3. The van der Waals surface area contributed by atoms with Crippen LogP contribution in [0.5, 0.6) is 0 Å². The van der Waals surface area contributed by atoms with Gasteiger partial charge in [0, 0.05) is 0 Å². The van der Waals surface area contributed by atoms with Gasteiger partial charge in [0.2, 0.25) is 0 Å². The third kappa shape index (κ3) is 4.60. The molecular formula is C5H11ClO2S. The maximum absolute atomic E-state index is 10.1. The van der Waals surface area contributed by atoms with E-state index in [0.717, 1.165) is 5.75 Å². The minimum Gasteiger partial charge on any atom is -0.481 e. The molecule has 0 aliphatic heterocycles. The Morgan fingerprint density at radius 3 is 2.33 bits per heavy atom. The second kappa shape index (κ2) is 3.32. The lowest BCUT2D eigenvalue weighted by atomic mass is 10.8. The first-order chi connectivity index (χ1) is 3.98. The standard InChI is InChI=1S/C5H11ClO2S/c1-3-9(2,6)4-5(7)8/h3-4H2,1-2H3,(H,7,8). The van der Waals surface area contributed by atoms with E-state index in [-0.39, 0.29) is 5.75 Å². The zero-order chi connectivity index (χ0) is 7.49. The van der Waals surface area contributed by atoms with E-state index < -0.39 is 15.2 Å². The van der Waals surface area contributed by atoms with E-state index in [4.69, 9.17) is 15.8 Å². The molecule has 1 atom stereocenters. The van der Waals surface area contributed by atoms with Crippen LogP contribution in [0.3, 0.4) is 0 Å². The van der Waals surface area contributed by atoms with Crippen LogP contribution in [-0.2, 0) is 4.79 Å². The molecule has 0 aromatic carbocycles. The van der Waals surface area contributed by atoms with Crippen molar-refractivity contribution in [3.8, 4) is 0 Å². The highest BCUT2D eigenvalue weighted by Gasteiger charge is 2.15. The zero-order valence-electron chi connectivity index (χ0n) is 5.56. The first-order valence-electron chi connectivity index (χ1n) is 2.63.